The minimum Gasteiger partial charge on any atom is -0.336 e. The van der Waals surface area contributed by atoms with E-state index in [1.165, 1.54) is 23.5 Å². The van der Waals surface area contributed by atoms with Crippen LogP contribution in [0.15, 0.2) is 29.6 Å². The molecule has 2 N–H and O–H groups in total. The number of amides is 2. The third kappa shape index (κ3) is 5.30. The smallest absolute Gasteiger partial charge is 0.315 e. The van der Waals surface area contributed by atoms with Gasteiger partial charge in [-0.25, -0.2) is 14.2 Å². The van der Waals surface area contributed by atoms with Crippen LogP contribution in [-0.2, 0) is 6.54 Å². The van der Waals surface area contributed by atoms with Crippen molar-refractivity contribution in [2.75, 3.05) is 20.6 Å². The van der Waals surface area contributed by atoms with E-state index in [4.69, 9.17) is 0 Å². The Kier molecular flexibility index (Phi) is 6.06. The fraction of sp³-hybridized carbons (Fsp3) is 0.375. The number of rotatable bonds is 6. The largest absolute Gasteiger partial charge is 0.336 e. The number of urea groups is 1. The van der Waals surface area contributed by atoms with Gasteiger partial charge < -0.3 is 15.5 Å². The number of nitrogens with one attached hydrogen (secondary N) is 2. The summed E-state index contributed by atoms with van der Waals surface area (Å²) in [6.07, 6.45) is 0. The van der Waals surface area contributed by atoms with Gasteiger partial charge in [-0.2, -0.15) is 0 Å². The molecule has 0 spiro atoms. The monoisotopic (exact) mass is 336 g/mol. The lowest BCUT2D eigenvalue weighted by atomic mass is 10.1. The minimum absolute atomic E-state index is 0.0986. The summed E-state index contributed by atoms with van der Waals surface area (Å²) >= 11 is 1.52. The van der Waals surface area contributed by atoms with Crippen LogP contribution >= 0.6 is 11.3 Å². The predicted octanol–water partition coefficient (Wildman–Crippen LogP) is 2.69. The minimum atomic E-state index is -0.280. The second-order valence-corrected chi connectivity index (χ2v) is 6.42. The van der Waals surface area contributed by atoms with Gasteiger partial charge in [0.05, 0.1) is 12.6 Å². The summed E-state index contributed by atoms with van der Waals surface area (Å²) < 4.78 is 13.4. The van der Waals surface area contributed by atoms with Crippen molar-refractivity contribution in [3.63, 3.8) is 0 Å². The number of nitrogens with zero attached hydrogens (tertiary/aromatic N) is 2. The Morgan fingerprint density at radius 2 is 2.17 bits per heavy atom. The van der Waals surface area contributed by atoms with Gasteiger partial charge in [0.1, 0.15) is 10.8 Å². The number of likely N-dealkylation sites (N-methyl/N-ethyl adjacent to an activating group) is 1. The molecule has 0 unspecified atom stereocenters. The topological polar surface area (TPSA) is 57.3 Å². The fourth-order valence-electron chi connectivity index (χ4n) is 2.20. The third-order valence-electron chi connectivity index (χ3n) is 3.38. The molecule has 0 radical (unpaired) electrons. The molecule has 0 aliphatic heterocycles. The highest BCUT2D eigenvalue weighted by Gasteiger charge is 2.15. The van der Waals surface area contributed by atoms with Crippen molar-refractivity contribution in [3.8, 4) is 0 Å². The zero-order valence-electron chi connectivity index (χ0n) is 13.5. The third-order valence-corrected chi connectivity index (χ3v) is 4.35. The van der Waals surface area contributed by atoms with Crippen molar-refractivity contribution in [2.24, 2.45) is 0 Å². The molecule has 2 rings (SSSR count). The molecule has 1 atom stereocenters. The van der Waals surface area contributed by atoms with Crippen LogP contribution in [0.25, 0.3) is 0 Å². The van der Waals surface area contributed by atoms with Gasteiger partial charge in [-0.05, 0) is 38.7 Å². The van der Waals surface area contributed by atoms with Crippen LogP contribution in [0.2, 0.25) is 0 Å². The Balaban J connectivity index is 1.87. The highest BCUT2D eigenvalue weighted by Crippen LogP contribution is 2.18. The Labute approximate surface area is 139 Å². The number of carbonyl (C=O) groups is 1. The molecule has 7 heteroatoms. The normalized spacial score (nSPS) is 12.2. The lowest BCUT2D eigenvalue weighted by Gasteiger charge is -2.25. The molecule has 0 aliphatic carbocycles. The van der Waals surface area contributed by atoms with Crippen molar-refractivity contribution >= 4 is 17.4 Å². The number of halogens is 1. The summed E-state index contributed by atoms with van der Waals surface area (Å²) in [4.78, 5) is 18.1. The Bertz CT molecular complexity index is 659. The number of thiazole rings is 1. The molecule has 23 heavy (non-hydrogen) atoms. The first-order valence-corrected chi connectivity index (χ1v) is 8.18. The van der Waals surface area contributed by atoms with Gasteiger partial charge in [0.2, 0.25) is 0 Å². The molecule has 1 aromatic heterocycles. The van der Waals surface area contributed by atoms with E-state index >= 15 is 0 Å². The van der Waals surface area contributed by atoms with Crippen LogP contribution in [0.5, 0.6) is 0 Å². The van der Waals surface area contributed by atoms with Crippen LogP contribution in [0.4, 0.5) is 9.18 Å². The van der Waals surface area contributed by atoms with Crippen LogP contribution in [0, 0.1) is 12.7 Å². The number of aromatic nitrogens is 1. The second-order valence-electron chi connectivity index (χ2n) is 5.48. The van der Waals surface area contributed by atoms with E-state index in [1.807, 2.05) is 37.4 Å². The van der Waals surface area contributed by atoms with Crippen molar-refractivity contribution in [1.29, 1.82) is 0 Å². The van der Waals surface area contributed by atoms with Crippen molar-refractivity contribution < 1.29 is 9.18 Å². The van der Waals surface area contributed by atoms with E-state index < -0.39 is 0 Å². The maximum Gasteiger partial charge on any atom is 0.315 e. The van der Waals surface area contributed by atoms with Gasteiger partial charge in [0.25, 0.3) is 0 Å². The molecule has 0 saturated heterocycles. The molecule has 124 valence electrons. The summed E-state index contributed by atoms with van der Waals surface area (Å²) in [6.45, 7) is 2.71. The lowest BCUT2D eigenvalue weighted by molar-refractivity contribution is 0.232. The molecule has 1 heterocycles. The van der Waals surface area contributed by atoms with Crippen LogP contribution < -0.4 is 10.6 Å². The average Bonchev–Trinajstić information content (AvgIpc) is 2.91. The molecule has 0 fully saturated rings. The Hall–Kier alpha value is -1.99. The van der Waals surface area contributed by atoms with E-state index in [0.717, 1.165) is 16.3 Å². The first-order chi connectivity index (χ1) is 11.0. The van der Waals surface area contributed by atoms with Gasteiger partial charge in [-0.1, -0.05) is 12.1 Å². The van der Waals surface area contributed by atoms with Crippen LogP contribution in [0.1, 0.15) is 22.3 Å². The SMILES string of the molecule is Cc1csc(CNC(=O)NC[C@H](c2cccc(F)c2)N(C)C)n1. The zero-order valence-corrected chi connectivity index (χ0v) is 14.3. The summed E-state index contributed by atoms with van der Waals surface area (Å²) in [5.74, 6) is -0.280. The van der Waals surface area contributed by atoms with Crippen LogP contribution in [0.3, 0.4) is 0 Å². The van der Waals surface area contributed by atoms with E-state index in [-0.39, 0.29) is 17.9 Å². The molecule has 0 bridgehead atoms. The van der Waals surface area contributed by atoms with Crippen molar-refractivity contribution in [1.82, 2.24) is 20.5 Å². The van der Waals surface area contributed by atoms with Gasteiger partial charge >= 0.3 is 6.03 Å². The van der Waals surface area contributed by atoms with Crippen molar-refractivity contribution in [2.45, 2.75) is 19.5 Å². The van der Waals surface area contributed by atoms with E-state index in [1.54, 1.807) is 6.07 Å². The zero-order chi connectivity index (χ0) is 16.8. The standard InChI is InChI=1S/C16H21FN4OS/c1-11-10-23-15(20-11)9-19-16(22)18-8-14(21(2)3)12-5-4-6-13(17)7-12/h4-7,10,14H,8-9H2,1-3H3,(H2,18,19,22)/t14-/m1/s1. The molecule has 0 aliphatic rings. The second kappa shape index (κ2) is 8.03. The maximum atomic E-state index is 13.4. The maximum absolute atomic E-state index is 13.4. The summed E-state index contributed by atoms with van der Waals surface area (Å²) in [5, 5.41) is 8.41. The lowest BCUT2D eigenvalue weighted by Crippen LogP contribution is -2.40. The highest BCUT2D eigenvalue weighted by molar-refractivity contribution is 7.09. The van der Waals surface area contributed by atoms with E-state index in [9.17, 15) is 9.18 Å². The summed E-state index contributed by atoms with van der Waals surface area (Å²) in [6, 6.07) is 6.06. The Morgan fingerprint density at radius 3 is 2.78 bits per heavy atom. The van der Waals surface area contributed by atoms with E-state index in [2.05, 4.69) is 15.6 Å². The average molecular weight is 336 g/mol. The number of benzene rings is 1. The molecule has 2 aromatic rings. The number of hydrogen-bond donors (Lipinski definition) is 2. The van der Waals surface area contributed by atoms with Gasteiger partial charge in [-0.3, -0.25) is 0 Å². The first-order valence-electron chi connectivity index (χ1n) is 7.30. The Morgan fingerprint density at radius 1 is 1.39 bits per heavy atom. The molecule has 2 amide bonds. The van der Waals surface area contributed by atoms with Gasteiger partial charge in [0, 0.05) is 17.6 Å². The summed E-state index contributed by atoms with van der Waals surface area (Å²) in [5.41, 5.74) is 1.77. The molecule has 0 saturated carbocycles. The van der Waals surface area contributed by atoms with Crippen LogP contribution in [-0.4, -0.2) is 36.6 Å². The van der Waals surface area contributed by atoms with E-state index in [0.29, 0.717) is 13.1 Å². The highest BCUT2D eigenvalue weighted by atomic mass is 32.1. The molecule has 1 aromatic carbocycles. The van der Waals surface area contributed by atoms with Gasteiger partial charge in [0.15, 0.2) is 0 Å². The quantitative estimate of drug-likeness (QED) is 0.853. The summed E-state index contributed by atoms with van der Waals surface area (Å²) in [7, 11) is 3.79. The molecular weight excluding hydrogens is 315 g/mol. The number of carbonyl (C=O) groups excluding carboxylic acids is 1. The molecule has 5 nitrogen and oxygen atoms in total. The fourth-order valence-corrected chi connectivity index (χ4v) is 2.92. The van der Waals surface area contributed by atoms with Gasteiger partial charge in [-0.15, -0.1) is 11.3 Å². The predicted molar refractivity (Wildman–Crippen MR) is 89.9 cm³/mol. The molecular formula is C16H21FN4OS. The van der Waals surface area contributed by atoms with Crippen molar-refractivity contribution in [3.05, 3.63) is 51.7 Å². The number of aryl methyl sites for hydroxylation is 1. The number of hydrogen-bond acceptors (Lipinski definition) is 4. The first kappa shape index (κ1) is 17.4.